The van der Waals surface area contributed by atoms with Gasteiger partial charge in [-0.05, 0) is 94.5 Å². The first-order valence-corrected chi connectivity index (χ1v) is 15.0. The first kappa shape index (κ1) is 31.4. The largest absolute Gasteiger partial charge is 0.481 e. The Hall–Kier alpha value is -3.11. The van der Waals surface area contributed by atoms with Gasteiger partial charge in [0.05, 0.1) is 11.4 Å². The first-order valence-electron chi connectivity index (χ1n) is 12.7. The molecule has 0 spiro atoms. The van der Waals surface area contributed by atoms with Crippen molar-refractivity contribution in [1.29, 1.82) is 0 Å². The topological polar surface area (TPSA) is 134 Å². The molecule has 1 saturated carbocycles. The van der Waals surface area contributed by atoms with Crippen LogP contribution in [0.2, 0.25) is 0 Å². The highest BCUT2D eigenvalue weighted by Gasteiger charge is 2.31. The lowest BCUT2D eigenvalue weighted by atomic mass is 9.92. The molecule has 0 bridgehead atoms. The van der Waals surface area contributed by atoms with Crippen molar-refractivity contribution in [3.8, 4) is 17.6 Å². The van der Waals surface area contributed by atoms with E-state index >= 15 is 0 Å². The highest BCUT2D eigenvalue weighted by atomic mass is 79.9. The first-order chi connectivity index (χ1) is 18.8. The average molecular weight is 637 g/mol. The highest BCUT2D eigenvalue weighted by Crippen LogP contribution is 2.26. The lowest BCUT2D eigenvalue weighted by molar-refractivity contribution is 0.0109. The van der Waals surface area contributed by atoms with E-state index in [9.17, 15) is 18.0 Å². The van der Waals surface area contributed by atoms with Crippen molar-refractivity contribution in [3.05, 3.63) is 57.6 Å². The molecule has 1 aliphatic carbocycles. The molecule has 0 heterocycles. The van der Waals surface area contributed by atoms with Crippen molar-refractivity contribution in [3.63, 3.8) is 0 Å². The number of ether oxygens (including phenoxy) is 2. The lowest BCUT2D eigenvalue weighted by Gasteiger charge is -2.37. The summed E-state index contributed by atoms with van der Waals surface area (Å²) in [6, 6.07) is 9.23. The van der Waals surface area contributed by atoms with Crippen molar-refractivity contribution < 1.29 is 32.7 Å². The van der Waals surface area contributed by atoms with E-state index in [0.717, 1.165) is 19.3 Å². The third kappa shape index (κ3) is 8.69. The lowest BCUT2D eigenvalue weighted by Crippen LogP contribution is -2.46. The molecular formula is C28H34BrN3O7S. The van der Waals surface area contributed by atoms with Crippen LogP contribution in [0, 0.1) is 18.8 Å². The van der Waals surface area contributed by atoms with Gasteiger partial charge in [0.25, 0.3) is 5.91 Å². The smallest absolute Gasteiger partial charge is 0.411 e. The average Bonchev–Trinajstić information content (AvgIpc) is 2.84. The monoisotopic (exact) mass is 635 g/mol. The summed E-state index contributed by atoms with van der Waals surface area (Å²) in [4.78, 5) is 26.3. The van der Waals surface area contributed by atoms with Crippen molar-refractivity contribution in [1.82, 2.24) is 15.1 Å². The molecule has 0 aromatic heterocycles. The van der Waals surface area contributed by atoms with Crippen LogP contribution >= 0.6 is 15.9 Å². The molecule has 0 atom stereocenters. The van der Waals surface area contributed by atoms with Crippen molar-refractivity contribution >= 4 is 38.0 Å². The fourth-order valence-corrected chi connectivity index (χ4v) is 5.48. The van der Waals surface area contributed by atoms with E-state index in [1.165, 1.54) is 30.3 Å². The number of sulfonamides is 1. The molecule has 216 valence electrons. The Kier molecular flexibility index (Phi) is 10.6. The Morgan fingerprint density at radius 1 is 1.15 bits per heavy atom. The molecule has 0 aliphatic heterocycles. The minimum absolute atomic E-state index is 0.0161. The zero-order chi connectivity index (χ0) is 29.5. The standard InChI is InChI=1S/C28H34BrN3O7S/c1-19-16-20(29)17-24(26(33)31-35)25(19)18-30-40(36,37)23-12-10-22(11-13-23)38-15-6-5-14-32(21-8-7-9-21)27(34)39-28(2,3)4/h10-13,16-17,21,30,35H,7-9,14-15,18H2,1-4H3,(H,31,33). The molecule has 0 saturated heterocycles. The number of hydroxylamine groups is 1. The van der Waals surface area contributed by atoms with Gasteiger partial charge in [0, 0.05) is 22.6 Å². The second-order valence-electron chi connectivity index (χ2n) is 10.3. The van der Waals surface area contributed by atoms with Gasteiger partial charge in [0.1, 0.15) is 18.0 Å². The fraction of sp³-hybridized carbons (Fsp3) is 0.429. The van der Waals surface area contributed by atoms with Crippen LogP contribution in [0.3, 0.4) is 0 Å². The van der Waals surface area contributed by atoms with Gasteiger partial charge in [0.2, 0.25) is 10.0 Å². The van der Waals surface area contributed by atoms with Crippen LogP contribution in [-0.4, -0.2) is 55.3 Å². The van der Waals surface area contributed by atoms with E-state index < -0.39 is 21.5 Å². The quantitative estimate of drug-likeness (QED) is 0.209. The van der Waals surface area contributed by atoms with E-state index in [1.807, 2.05) is 20.8 Å². The molecule has 10 nitrogen and oxygen atoms in total. The fourth-order valence-electron chi connectivity index (χ4n) is 3.91. The Labute approximate surface area is 243 Å². The zero-order valence-corrected chi connectivity index (χ0v) is 25.3. The number of halogens is 1. The predicted molar refractivity (Wildman–Crippen MR) is 152 cm³/mol. The van der Waals surface area contributed by atoms with Gasteiger partial charge in [-0.25, -0.2) is 23.4 Å². The minimum Gasteiger partial charge on any atom is -0.481 e. The Morgan fingerprint density at radius 2 is 1.82 bits per heavy atom. The maximum Gasteiger partial charge on any atom is 0.411 e. The molecular weight excluding hydrogens is 602 g/mol. The maximum atomic E-state index is 12.9. The van der Waals surface area contributed by atoms with Gasteiger partial charge in [0.15, 0.2) is 0 Å². The molecule has 1 fully saturated rings. The van der Waals surface area contributed by atoms with Gasteiger partial charge >= 0.3 is 6.09 Å². The number of benzene rings is 2. The summed E-state index contributed by atoms with van der Waals surface area (Å²) in [5, 5.41) is 9.04. The second kappa shape index (κ2) is 13.5. The van der Waals surface area contributed by atoms with Gasteiger partial charge < -0.3 is 9.47 Å². The zero-order valence-electron chi connectivity index (χ0n) is 22.9. The van der Waals surface area contributed by atoms with E-state index in [0.29, 0.717) is 21.3 Å². The van der Waals surface area contributed by atoms with Gasteiger partial charge in [-0.2, -0.15) is 0 Å². The molecule has 3 N–H and O–H groups in total. The Bertz CT molecular complexity index is 1390. The van der Waals surface area contributed by atoms with Crippen molar-refractivity contribution in [2.45, 2.75) is 70.0 Å². The Balaban J connectivity index is 1.57. The summed E-state index contributed by atoms with van der Waals surface area (Å²) in [6.07, 6.45) is 2.57. The van der Waals surface area contributed by atoms with Crippen LogP contribution < -0.4 is 14.9 Å². The van der Waals surface area contributed by atoms with E-state index in [1.54, 1.807) is 23.4 Å². The van der Waals surface area contributed by atoms with E-state index in [2.05, 4.69) is 32.5 Å². The molecule has 1 aliphatic rings. The van der Waals surface area contributed by atoms with Crippen LogP contribution in [0.5, 0.6) is 5.75 Å². The maximum absolute atomic E-state index is 12.9. The van der Waals surface area contributed by atoms with Crippen molar-refractivity contribution in [2.75, 3.05) is 13.2 Å². The number of carbonyl (C=O) groups excluding carboxylic acids is 2. The number of rotatable bonds is 9. The third-order valence-electron chi connectivity index (χ3n) is 6.19. The summed E-state index contributed by atoms with van der Waals surface area (Å²) in [6.45, 7) is 7.37. The minimum atomic E-state index is -3.91. The SMILES string of the molecule is Cc1cc(Br)cc(C(=O)NO)c1CNS(=O)(=O)c1ccc(OCC#CCN(C(=O)OC(C)(C)C)C2CCC2)cc1. The molecule has 12 heteroatoms. The number of hydrogen-bond acceptors (Lipinski definition) is 7. The van der Waals surface area contributed by atoms with Crippen molar-refractivity contribution in [2.24, 2.45) is 0 Å². The number of hydrogen-bond donors (Lipinski definition) is 3. The molecule has 2 aromatic carbocycles. The molecule has 0 unspecified atom stereocenters. The van der Waals surface area contributed by atoms with Gasteiger partial charge in [-0.15, -0.1) is 0 Å². The summed E-state index contributed by atoms with van der Waals surface area (Å²) in [5.41, 5.74) is 2.24. The number of carbonyl (C=O) groups is 2. The number of amides is 2. The van der Waals surface area contributed by atoms with Crippen LogP contribution in [0.15, 0.2) is 45.8 Å². The van der Waals surface area contributed by atoms with Crippen LogP contribution in [0.4, 0.5) is 4.79 Å². The molecule has 3 rings (SSSR count). The summed E-state index contributed by atoms with van der Waals surface area (Å²) >= 11 is 3.30. The normalized spacial score (nSPS) is 13.4. The molecule has 2 amide bonds. The van der Waals surface area contributed by atoms with E-state index in [-0.39, 0.29) is 42.3 Å². The molecule has 0 radical (unpaired) electrons. The van der Waals surface area contributed by atoms with Gasteiger partial charge in [-0.1, -0.05) is 27.8 Å². The number of nitrogens with zero attached hydrogens (tertiary/aromatic N) is 1. The predicted octanol–water partition coefficient (Wildman–Crippen LogP) is 4.53. The van der Waals surface area contributed by atoms with Crippen LogP contribution in [0.1, 0.15) is 61.5 Å². The number of nitrogens with one attached hydrogen (secondary N) is 2. The Morgan fingerprint density at radius 3 is 2.40 bits per heavy atom. The molecule has 40 heavy (non-hydrogen) atoms. The summed E-state index contributed by atoms with van der Waals surface area (Å²) in [5.74, 6) is 5.54. The summed E-state index contributed by atoms with van der Waals surface area (Å²) in [7, 11) is -3.91. The number of aryl methyl sites for hydroxylation is 1. The second-order valence-corrected chi connectivity index (χ2v) is 13.0. The highest BCUT2D eigenvalue weighted by molar-refractivity contribution is 9.10. The van der Waals surface area contributed by atoms with Gasteiger partial charge in [-0.3, -0.25) is 14.9 Å². The van der Waals surface area contributed by atoms with Crippen LogP contribution in [0.25, 0.3) is 0 Å². The van der Waals surface area contributed by atoms with Crippen LogP contribution in [-0.2, 0) is 21.3 Å². The molecule has 2 aromatic rings. The van der Waals surface area contributed by atoms with E-state index in [4.69, 9.17) is 14.7 Å². The third-order valence-corrected chi connectivity index (χ3v) is 8.06. The summed E-state index contributed by atoms with van der Waals surface area (Å²) < 4.78 is 39.9.